The highest BCUT2D eigenvalue weighted by molar-refractivity contribution is 7.99. The molecular formula is C14H13F3N6OS. The lowest BCUT2D eigenvalue weighted by Gasteiger charge is -2.08. The number of nitrogens with two attached hydrogens (primary N) is 1. The maximum atomic E-state index is 12.7. The average molecular weight is 370 g/mol. The number of aromatic nitrogens is 5. The molecule has 0 bridgehead atoms. The average Bonchev–Trinajstić information content (AvgIpc) is 3.15. The van der Waals surface area contributed by atoms with Crippen molar-refractivity contribution in [1.29, 1.82) is 0 Å². The van der Waals surface area contributed by atoms with E-state index in [2.05, 4.69) is 20.4 Å². The van der Waals surface area contributed by atoms with Crippen LogP contribution in [0.25, 0.3) is 11.5 Å². The van der Waals surface area contributed by atoms with Crippen molar-refractivity contribution >= 4 is 11.8 Å². The summed E-state index contributed by atoms with van der Waals surface area (Å²) in [4.78, 5) is 0. The van der Waals surface area contributed by atoms with E-state index in [4.69, 9.17) is 10.3 Å². The normalized spacial score (nSPS) is 13.2. The van der Waals surface area contributed by atoms with Gasteiger partial charge in [-0.15, -0.1) is 20.4 Å². The molecule has 1 atom stereocenters. The molecule has 11 heteroatoms. The van der Waals surface area contributed by atoms with Crippen molar-refractivity contribution in [2.24, 2.45) is 0 Å². The fourth-order valence-electron chi connectivity index (χ4n) is 1.97. The van der Waals surface area contributed by atoms with Crippen LogP contribution in [0.5, 0.6) is 0 Å². The third-order valence-corrected chi connectivity index (χ3v) is 4.33. The Morgan fingerprint density at radius 3 is 2.40 bits per heavy atom. The van der Waals surface area contributed by atoms with Gasteiger partial charge in [0.1, 0.15) is 0 Å². The van der Waals surface area contributed by atoms with Crippen LogP contribution in [0.2, 0.25) is 0 Å². The molecule has 0 radical (unpaired) electrons. The number of thioether (sulfide) groups is 1. The fraction of sp³-hybridized carbons (Fsp3) is 0.286. The van der Waals surface area contributed by atoms with E-state index < -0.39 is 17.3 Å². The number of rotatable bonds is 4. The number of hydrogen-bond donors (Lipinski definition) is 1. The number of hydrogen-bond acceptors (Lipinski definition) is 7. The number of nitrogen functional groups attached to an aromatic ring is 1. The van der Waals surface area contributed by atoms with E-state index in [1.807, 2.05) is 31.2 Å². The molecule has 0 saturated carbocycles. The largest absolute Gasteiger partial charge is 0.453 e. The quantitative estimate of drug-likeness (QED) is 0.556. The van der Waals surface area contributed by atoms with Crippen molar-refractivity contribution in [2.45, 2.75) is 30.4 Å². The zero-order chi connectivity index (χ0) is 18.2. The van der Waals surface area contributed by atoms with Crippen molar-refractivity contribution in [1.82, 2.24) is 25.1 Å². The van der Waals surface area contributed by atoms with Crippen molar-refractivity contribution in [3.63, 3.8) is 0 Å². The van der Waals surface area contributed by atoms with E-state index in [-0.39, 0.29) is 11.0 Å². The molecule has 1 unspecified atom stereocenters. The van der Waals surface area contributed by atoms with Gasteiger partial charge in [0.15, 0.2) is 0 Å². The first kappa shape index (κ1) is 17.3. The monoisotopic (exact) mass is 370 g/mol. The van der Waals surface area contributed by atoms with Gasteiger partial charge in [0.25, 0.3) is 5.82 Å². The fourth-order valence-corrected chi connectivity index (χ4v) is 2.77. The molecule has 3 aromatic rings. The third-order valence-electron chi connectivity index (χ3n) is 3.29. The van der Waals surface area contributed by atoms with Crippen molar-refractivity contribution in [3.8, 4) is 11.5 Å². The smallest absolute Gasteiger partial charge is 0.419 e. The van der Waals surface area contributed by atoms with Crippen molar-refractivity contribution in [3.05, 3.63) is 41.5 Å². The maximum absolute atomic E-state index is 12.7. The van der Waals surface area contributed by atoms with E-state index >= 15 is 0 Å². The van der Waals surface area contributed by atoms with Gasteiger partial charge in [-0.1, -0.05) is 29.5 Å². The molecule has 132 valence electrons. The van der Waals surface area contributed by atoms with Crippen molar-refractivity contribution < 1.29 is 17.6 Å². The SMILES string of the molecule is Cc1ccc(-c2nnc(C(C)Sc3nnc(C(F)(F)F)n3N)o2)cc1. The highest BCUT2D eigenvalue weighted by atomic mass is 32.2. The highest BCUT2D eigenvalue weighted by Gasteiger charge is 2.38. The van der Waals surface area contributed by atoms with Gasteiger partial charge in [-0.2, -0.15) is 13.2 Å². The number of benzene rings is 1. The summed E-state index contributed by atoms with van der Waals surface area (Å²) in [7, 11) is 0. The molecule has 7 nitrogen and oxygen atoms in total. The second-order valence-corrected chi connectivity index (χ2v) is 6.55. The third kappa shape index (κ3) is 3.60. The first-order valence-electron chi connectivity index (χ1n) is 7.10. The van der Waals surface area contributed by atoms with Gasteiger partial charge in [0, 0.05) is 5.56 Å². The van der Waals surface area contributed by atoms with Gasteiger partial charge in [-0.3, -0.25) is 0 Å². The van der Waals surface area contributed by atoms with Crippen LogP contribution in [-0.4, -0.2) is 25.1 Å². The second kappa shape index (κ2) is 6.39. The lowest BCUT2D eigenvalue weighted by atomic mass is 10.1. The number of aryl methyl sites for hydroxylation is 1. The number of nitrogens with zero attached hydrogens (tertiary/aromatic N) is 5. The van der Waals surface area contributed by atoms with Crippen LogP contribution in [-0.2, 0) is 6.18 Å². The van der Waals surface area contributed by atoms with E-state index in [0.29, 0.717) is 10.6 Å². The minimum Gasteiger partial charge on any atom is -0.419 e. The van der Waals surface area contributed by atoms with Gasteiger partial charge < -0.3 is 10.3 Å². The van der Waals surface area contributed by atoms with Crippen LogP contribution in [0.4, 0.5) is 13.2 Å². The topological polar surface area (TPSA) is 95.7 Å². The summed E-state index contributed by atoms with van der Waals surface area (Å²) in [6.45, 7) is 3.65. The molecule has 0 aliphatic rings. The zero-order valence-corrected chi connectivity index (χ0v) is 14.0. The minimum atomic E-state index is -4.67. The summed E-state index contributed by atoms with van der Waals surface area (Å²) in [5.74, 6) is 4.71. The van der Waals surface area contributed by atoms with Crippen LogP contribution >= 0.6 is 11.8 Å². The Labute approximate surface area is 144 Å². The molecule has 2 N–H and O–H groups in total. The standard InChI is InChI=1S/C14H13F3N6OS/c1-7-3-5-9(6-4-7)11-20-19-10(24-11)8(2)25-13-22-21-12(23(13)18)14(15,16)17/h3-6,8H,18H2,1-2H3. The molecule has 0 fully saturated rings. The minimum absolute atomic E-state index is 0.102. The van der Waals surface area contributed by atoms with Gasteiger partial charge in [-0.05, 0) is 26.0 Å². The first-order valence-corrected chi connectivity index (χ1v) is 7.98. The Bertz CT molecular complexity index is 874. The van der Waals surface area contributed by atoms with Crippen LogP contribution in [0.3, 0.4) is 0 Å². The van der Waals surface area contributed by atoms with E-state index in [1.165, 1.54) is 0 Å². The van der Waals surface area contributed by atoms with Crippen LogP contribution in [0.1, 0.15) is 29.5 Å². The molecule has 1 aromatic carbocycles. The van der Waals surface area contributed by atoms with Gasteiger partial charge in [0.2, 0.25) is 16.9 Å². The molecule has 0 aliphatic heterocycles. The lowest BCUT2D eigenvalue weighted by Crippen LogP contribution is -2.21. The Balaban J connectivity index is 1.77. The summed E-state index contributed by atoms with van der Waals surface area (Å²) >= 11 is 0.939. The zero-order valence-electron chi connectivity index (χ0n) is 13.2. The highest BCUT2D eigenvalue weighted by Crippen LogP contribution is 2.36. The Morgan fingerprint density at radius 2 is 1.80 bits per heavy atom. The van der Waals surface area contributed by atoms with Crippen LogP contribution in [0, 0.1) is 6.92 Å². The Morgan fingerprint density at radius 1 is 1.12 bits per heavy atom. The predicted octanol–water partition coefficient (Wildman–Crippen LogP) is 3.22. The Kier molecular flexibility index (Phi) is 4.41. The van der Waals surface area contributed by atoms with Crippen LogP contribution < -0.4 is 5.84 Å². The number of alkyl halides is 3. The molecule has 0 amide bonds. The summed E-state index contributed by atoms with van der Waals surface area (Å²) in [5, 5.41) is 13.9. The molecule has 25 heavy (non-hydrogen) atoms. The van der Waals surface area contributed by atoms with Gasteiger partial charge in [0.05, 0.1) is 5.25 Å². The van der Waals surface area contributed by atoms with E-state index in [0.717, 1.165) is 22.9 Å². The Hall–Kier alpha value is -2.56. The second-order valence-electron chi connectivity index (χ2n) is 5.25. The molecule has 2 heterocycles. The predicted molar refractivity (Wildman–Crippen MR) is 83.9 cm³/mol. The molecule has 3 rings (SSSR count). The summed E-state index contributed by atoms with van der Waals surface area (Å²) < 4.78 is 44.1. The molecule has 2 aromatic heterocycles. The maximum Gasteiger partial charge on any atom is 0.453 e. The summed E-state index contributed by atoms with van der Waals surface area (Å²) in [6, 6.07) is 7.51. The molecule has 0 spiro atoms. The molecular weight excluding hydrogens is 357 g/mol. The van der Waals surface area contributed by atoms with Gasteiger partial charge >= 0.3 is 6.18 Å². The van der Waals surface area contributed by atoms with Crippen LogP contribution in [0.15, 0.2) is 33.8 Å². The number of halogens is 3. The summed E-state index contributed by atoms with van der Waals surface area (Å²) in [6.07, 6.45) is -4.67. The van der Waals surface area contributed by atoms with E-state index in [1.54, 1.807) is 6.92 Å². The van der Waals surface area contributed by atoms with E-state index in [9.17, 15) is 13.2 Å². The molecule has 0 aliphatic carbocycles. The summed E-state index contributed by atoms with van der Waals surface area (Å²) in [5.41, 5.74) is 1.85. The van der Waals surface area contributed by atoms with Gasteiger partial charge in [-0.25, -0.2) is 4.68 Å². The van der Waals surface area contributed by atoms with Crippen molar-refractivity contribution in [2.75, 3.05) is 5.84 Å². The molecule has 0 saturated heterocycles. The lowest BCUT2D eigenvalue weighted by molar-refractivity contribution is -0.146. The first-order chi connectivity index (χ1) is 11.8.